The van der Waals surface area contributed by atoms with Gasteiger partial charge in [-0.1, -0.05) is 36.2 Å². The van der Waals surface area contributed by atoms with Gasteiger partial charge >= 0.3 is 6.18 Å². The molecule has 10 heteroatoms. The summed E-state index contributed by atoms with van der Waals surface area (Å²) in [7, 11) is 0. The van der Waals surface area contributed by atoms with Crippen LogP contribution in [0.5, 0.6) is 0 Å². The van der Waals surface area contributed by atoms with Crippen LogP contribution in [-0.2, 0) is 19.1 Å². The molecule has 4 atom stereocenters. The van der Waals surface area contributed by atoms with Crippen molar-refractivity contribution in [3.63, 3.8) is 0 Å². The number of aryl methyl sites for hydroxylation is 1. The maximum Gasteiger partial charge on any atom is 0.416 e. The Bertz CT molecular complexity index is 1230. The van der Waals surface area contributed by atoms with Gasteiger partial charge in [-0.25, -0.2) is 9.67 Å². The van der Waals surface area contributed by atoms with E-state index < -0.39 is 11.7 Å². The Hall–Kier alpha value is -2.68. The van der Waals surface area contributed by atoms with E-state index in [4.69, 9.17) is 21.7 Å². The van der Waals surface area contributed by atoms with Crippen molar-refractivity contribution in [1.82, 2.24) is 25.0 Å². The Morgan fingerprint density at radius 3 is 2.58 bits per heavy atom. The summed E-state index contributed by atoms with van der Waals surface area (Å²) >= 11 is 6.06. The van der Waals surface area contributed by atoms with E-state index in [2.05, 4.69) is 15.1 Å². The number of alkyl halides is 3. The van der Waals surface area contributed by atoms with Crippen LogP contribution < -0.4 is 4.90 Å². The first-order valence-corrected chi connectivity index (χ1v) is 13.1. The molecule has 0 N–H and O–H groups in total. The second-order valence-electron chi connectivity index (χ2n) is 10.4. The van der Waals surface area contributed by atoms with E-state index in [1.165, 1.54) is 25.0 Å². The van der Waals surface area contributed by atoms with Gasteiger partial charge < -0.3 is 4.90 Å². The Labute approximate surface area is 212 Å². The first kappa shape index (κ1) is 23.7. The van der Waals surface area contributed by atoms with Crippen molar-refractivity contribution in [2.24, 2.45) is 17.8 Å². The van der Waals surface area contributed by atoms with Crippen LogP contribution in [0.3, 0.4) is 0 Å². The second-order valence-corrected chi connectivity index (χ2v) is 10.8. The average molecular weight is 517 g/mol. The van der Waals surface area contributed by atoms with Crippen LogP contribution in [0, 0.1) is 17.8 Å². The van der Waals surface area contributed by atoms with E-state index in [0.717, 1.165) is 68.7 Å². The van der Waals surface area contributed by atoms with Gasteiger partial charge in [0.05, 0.1) is 17.4 Å². The van der Waals surface area contributed by atoms with Gasteiger partial charge in [0.25, 0.3) is 0 Å². The van der Waals surface area contributed by atoms with E-state index in [1.807, 2.05) is 10.7 Å². The van der Waals surface area contributed by atoms with Gasteiger partial charge in [0, 0.05) is 38.0 Å². The average Bonchev–Trinajstić information content (AvgIpc) is 3.25. The van der Waals surface area contributed by atoms with Gasteiger partial charge in [-0.2, -0.15) is 23.4 Å². The first-order chi connectivity index (χ1) is 17.3. The molecular formula is C26H28ClF3N6. The molecule has 0 spiro atoms. The lowest BCUT2D eigenvalue weighted by Gasteiger charge is -2.38. The number of benzene rings is 1. The molecule has 3 aromatic rings. The second kappa shape index (κ2) is 9.32. The molecular weight excluding hydrogens is 489 g/mol. The van der Waals surface area contributed by atoms with E-state index in [9.17, 15) is 13.2 Å². The highest BCUT2D eigenvalue weighted by molar-refractivity contribution is 6.29. The summed E-state index contributed by atoms with van der Waals surface area (Å²) in [6, 6.07) is 7.58. The molecule has 1 aromatic carbocycles. The van der Waals surface area contributed by atoms with Crippen LogP contribution in [0.1, 0.15) is 60.8 Å². The van der Waals surface area contributed by atoms with Gasteiger partial charge in [0.15, 0.2) is 11.0 Å². The number of hydrogen-bond donors (Lipinski definition) is 0. The fraction of sp³-hybridized carbons (Fsp3) is 0.538. The molecule has 4 heterocycles. The number of nitrogens with zero attached hydrogens (tertiary/aromatic N) is 6. The summed E-state index contributed by atoms with van der Waals surface area (Å²) in [6.45, 7) is 2.66. The minimum absolute atomic E-state index is 0.168. The van der Waals surface area contributed by atoms with Gasteiger partial charge in [-0.15, -0.1) is 5.10 Å². The highest BCUT2D eigenvalue weighted by atomic mass is 35.5. The molecule has 3 aliphatic rings. The number of piperidine rings is 1. The molecule has 190 valence electrons. The van der Waals surface area contributed by atoms with Gasteiger partial charge in [0.1, 0.15) is 5.82 Å². The van der Waals surface area contributed by atoms with Crippen LogP contribution in [-0.4, -0.2) is 38.1 Å². The Morgan fingerprint density at radius 2 is 1.83 bits per heavy atom. The molecule has 2 bridgehead atoms. The minimum Gasteiger partial charge on any atom is -0.370 e. The predicted molar refractivity (Wildman–Crippen MR) is 130 cm³/mol. The van der Waals surface area contributed by atoms with E-state index >= 15 is 0 Å². The number of halogens is 4. The van der Waals surface area contributed by atoms with Crippen LogP contribution in [0.4, 0.5) is 18.9 Å². The lowest BCUT2D eigenvalue weighted by atomic mass is 9.82. The van der Waals surface area contributed by atoms with Crippen molar-refractivity contribution in [2.45, 2.75) is 57.2 Å². The number of aromatic nitrogens is 5. The molecule has 2 fully saturated rings. The maximum absolute atomic E-state index is 13.4. The smallest absolute Gasteiger partial charge is 0.370 e. The van der Waals surface area contributed by atoms with Crippen molar-refractivity contribution in [1.29, 1.82) is 0 Å². The first-order valence-electron chi connectivity index (χ1n) is 12.7. The van der Waals surface area contributed by atoms with E-state index in [0.29, 0.717) is 28.5 Å². The SMILES string of the molecule is FC(F)(F)c1cccc([C@@H]2CCCCn3nc(CC4[C@@H]5CC[C@H]4CN(c4cnnc(Cl)c4)C5)nc32)c1. The third-order valence-corrected chi connectivity index (χ3v) is 8.39. The van der Waals surface area contributed by atoms with Gasteiger partial charge in [-0.3, -0.25) is 0 Å². The summed E-state index contributed by atoms with van der Waals surface area (Å²) in [5.41, 5.74) is 1.08. The van der Waals surface area contributed by atoms with E-state index in [1.54, 1.807) is 12.3 Å². The monoisotopic (exact) mass is 516 g/mol. The molecule has 2 aliphatic heterocycles. The molecule has 2 aromatic heterocycles. The highest BCUT2D eigenvalue weighted by Crippen LogP contribution is 2.45. The molecule has 0 amide bonds. The number of fused-ring (bicyclic) bond motifs is 3. The number of hydrogen-bond acceptors (Lipinski definition) is 5. The molecule has 6 rings (SSSR count). The fourth-order valence-corrected chi connectivity index (χ4v) is 6.65. The standard InChI is InChI=1S/C26H28ClF3N6/c27-23-11-20(13-31-33-23)35-14-17-7-8-18(15-35)22(17)12-24-32-25-21(6-1-2-9-36(25)34-24)16-4-3-5-19(10-16)26(28,29)30/h3-5,10-11,13,17-18,21-22H,1-2,6-9,12,14-15H2/t17-,18+,21-,22?/m0/s1. The quantitative estimate of drug-likeness (QED) is 0.441. The topological polar surface area (TPSA) is 59.7 Å². The summed E-state index contributed by atoms with van der Waals surface area (Å²) in [5.74, 6) is 3.05. The fourth-order valence-electron chi connectivity index (χ4n) is 6.49. The van der Waals surface area contributed by atoms with Crippen molar-refractivity contribution >= 4 is 17.3 Å². The largest absolute Gasteiger partial charge is 0.416 e. The van der Waals surface area contributed by atoms with Crippen molar-refractivity contribution in [2.75, 3.05) is 18.0 Å². The van der Waals surface area contributed by atoms with Crippen molar-refractivity contribution in [3.05, 3.63) is 64.5 Å². The predicted octanol–water partition coefficient (Wildman–Crippen LogP) is 5.76. The third kappa shape index (κ3) is 4.58. The number of rotatable bonds is 4. The van der Waals surface area contributed by atoms with Gasteiger partial charge in [0.2, 0.25) is 0 Å². The van der Waals surface area contributed by atoms with Crippen molar-refractivity contribution < 1.29 is 13.2 Å². The van der Waals surface area contributed by atoms with Crippen molar-refractivity contribution in [3.8, 4) is 0 Å². The molecule has 1 aliphatic carbocycles. The number of anilines is 1. The van der Waals surface area contributed by atoms with Crippen LogP contribution in [0.25, 0.3) is 0 Å². The lowest BCUT2D eigenvalue weighted by molar-refractivity contribution is -0.137. The third-order valence-electron chi connectivity index (χ3n) is 8.21. The molecule has 1 saturated heterocycles. The zero-order valence-corrected chi connectivity index (χ0v) is 20.6. The molecule has 0 radical (unpaired) electrons. The zero-order chi connectivity index (χ0) is 24.9. The maximum atomic E-state index is 13.4. The molecule has 36 heavy (non-hydrogen) atoms. The normalized spacial score (nSPS) is 26.1. The summed E-state index contributed by atoms with van der Waals surface area (Å²) < 4.78 is 42.0. The van der Waals surface area contributed by atoms with Crippen LogP contribution in [0.15, 0.2) is 36.5 Å². The molecule has 1 unspecified atom stereocenters. The molecule has 1 saturated carbocycles. The van der Waals surface area contributed by atoms with Gasteiger partial charge in [-0.05, 0) is 55.1 Å². The molecule has 6 nitrogen and oxygen atoms in total. The Morgan fingerprint density at radius 1 is 1.03 bits per heavy atom. The summed E-state index contributed by atoms with van der Waals surface area (Å²) in [5, 5.41) is 13.1. The highest BCUT2D eigenvalue weighted by Gasteiger charge is 2.43. The Balaban J connectivity index is 1.22. The van der Waals surface area contributed by atoms with E-state index in [-0.39, 0.29) is 5.92 Å². The minimum atomic E-state index is -4.36. The summed E-state index contributed by atoms with van der Waals surface area (Å²) in [4.78, 5) is 7.32. The Kier molecular flexibility index (Phi) is 6.14. The van der Waals surface area contributed by atoms with Crippen LogP contribution >= 0.6 is 11.6 Å². The summed E-state index contributed by atoms with van der Waals surface area (Å²) in [6.07, 6.45) is 3.27. The van der Waals surface area contributed by atoms with Crippen LogP contribution in [0.2, 0.25) is 5.15 Å². The lowest BCUT2D eigenvalue weighted by Crippen LogP contribution is -2.42. The zero-order valence-electron chi connectivity index (χ0n) is 19.8.